The molecule has 178 valence electrons. The van der Waals surface area contributed by atoms with Crippen molar-refractivity contribution in [3.05, 3.63) is 78.3 Å². The Morgan fingerprint density at radius 3 is 2.18 bits per heavy atom. The number of nitriles is 1. The van der Waals surface area contributed by atoms with Gasteiger partial charge in [0.1, 0.15) is 30.5 Å². The molecule has 0 saturated carbocycles. The molecular weight excluding hydrogens is 818 g/mol. The van der Waals surface area contributed by atoms with Gasteiger partial charge in [-0.2, -0.15) is 5.26 Å². The second-order valence-electron chi connectivity index (χ2n) is 6.00. The predicted molar refractivity (Wildman–Crippen MR) is 150 cm³/mol. The Morgan fingerprint density at radius 2 is 1.56 bits per heavy atom. The van der Waals surface area contributed by atoms with Crippen LogP contribution in [-0.4, -0.2) is 30.8 Å². The molecule has 0 N–H and O–H groups in total. The molecular formula is C22H19I3N3O5V. The number of nitrogens with zero attached hydrogens (tertiary/aromatic N) is 3. The first-order valence-electron chi connectivity index (χ1n) is 9.39. The molecule has 0 saturated heterocycles. The molecule has 1 aromatic heterocycles. The summed E-state index contributed by atoms with van der Waals surface area (Å²) >= 11 is 7.39. The summed E-state index contributed by atoms with van der Waals surface area (Å²) in [5.41, 5.74) is 1.85. The van der Waals surface area contributed by atoms with Crippen LogP contribution in [0, 0.1) is 11.3 Å². The van der Waals surface area contributed by atoms with Crippen molar-refractivity contribution in [1.29, 1.82) is 5.26 Å². The van der Waals surface area contributed by atoms with Crippen LogP contribution in [0.2, 0.25) is 0 Å². The van der Waals surface area contributed by atoms with Gasteiger partial charge in [-0.3, -0.25) is 0 Å². The molecule has 0 fully saturated rings. The summed E-state index contributed by atoms with van der Waals surface area (Å²) in [5, 5.41) is 9.21. The molecule has 0 radical (unpaired) electrons. The molecule has 0 unspecified atom stereocenters. The van der Waals surface area contributed by atoms with E-state index in [4.69, 9.17) is 24.0 Å². The van der Waals surface area contributed by atoms with E-state index in [0.717, 1.165) is 5.56 Å². The number of para-hydroxylation sites is 2. The van der Waals surface area contributed by atoms with E-state index in [9.17, 15) is 5.26 Å². The number of hydrogen-bond donors (Lipinski definition) is 0. The van der Waals surface area contributed by atoms with Crippen LogP contribution < -0.4 is 9.47 Å². The summed E-state index contributed by atoms with van der Waals surface area (Å²) in [6.07, 6.45) is 2.87. The van der Waals surface area contributed by atoms with Gasteiger partial charge in [0.2, 0.25) is 11.8 Å². The predicted octanol–water partition coefficient (Wildman–Crippen LogP) is 7.15. The molecule has 0 aliphatic carbocycles. The SMILES string of the molecule is CO/C=C(/COOC)c1ccccc1Oc1cc(Oc2ccccc2C#N)ncn1.[I][V]([I])[I]. The molecule has 2 aromatic carbocycles. The van der Waals surface area contributed by atoms with Crippen LogP contribution in [0.3, 0.4) is 0 Å². The van der Waals surface area contributed by atoms with E-state index in [0.29, 0.717) is 22.6 Å². The summed E-state index contributed by atoms with van der Waals surface area (Å²) in [4.78, 5) is 17.7. The molecule has 0 bridgehead atoms. The van der Waals surface area contributed by atoms with Gasteiger partial charge in [-0.25, -0.2) is 19.7 Å². The average Bonchev–Trinajstić information content (AvgIpc) is 2.82. The van der Waals surface area contributed by atoms with Crippen LogP contribution >= 0.6 is 59.9 Å². The zero-order valence-electron chi connectivity index (χ0n) is 18.0. The quantitative estimate of drug-likeness (QED) is 0.0972. The maximum atomic E-state index is 9.21. The fourth-order valence-electron chi connectivity index (χ4n) is 2.57. The van der Waals surface area contributed by atoms with Crippen LogP contribution in [-0.2, 0) is 19.4 Å². The van der Waals surface area contributed by atoms with E-state index in [2.05, 4.69) is 76.0 Å². The van der Waals surface area contributed by atoms with E-state index in [1.54, 1.807) is 43.7 Å². The van der Waals surface area contributed by atoms with Crippen LogP contribution in [0.25, 0.3) is 5.57 Å². The van der Waals surface area contributed by atoms with Crippen molar-refractivity contribution in [2.75, 3.05) is 20.8 Å². The second-order valence-corrected chi connectivity index (χ2v) is 41.4. The number of methoxy groups -OCH3 is 1. The Labute approximate surface area is 235 Å². The first-order valence-corrected chi connectivity index (χ1v) is 22.9. The number of ether oxygens (including phenoxy) is 3. The van der Waals surface area contributed by atoms with E-state index in [-0.39, 0.29) is 23.3 Å². The van der Waals surface area contributed by atoms with Crippen LogP contribution in [0.1, 0.15) is 11.1 Å². The van der Waals surface area contributed by atoms with E-state index in [1.807, 2.05) is 18.2 Å². The van der Waals surface area contributed by atoms with Crippen molar-refractivity contribution >= 4 is 65.5 Å². The molecule has 0 amide bonds. The van der Waals surface area contributed by atoms with Gasteiger partial charge in [-0.1, -0.05) is 30.3 Å². The van der Waals surface area contributed by atoms with Crippen molar-refractivity contribution in [3.63, 3.8) is 0 Å². The summed E-state index contributed by atoms with van der Waals surface area (Å²) < 4.78 is 16.8. The molecule has 0 spiro atoms. The molecule has 34 heavy (non-hydrogen) atoms. The fraction of sp³-hybridized carbons (Fsp3) is 0.136. The Bertz CT molecular complexity index is 1130. The molecule has 0 aliphatic rings. The van der Waals surface area contributed by atoms with E-state index >= 15 is 0 Å². The van der Waals surface area contributed by atoms with Gasteiger partial charge in [-0.15, -0.1) is 0 Å². The normalized spacial score (nSPS) is 10.7. The van der Waals surface area contributed by atoms with Gasteiger partial charge >= 0.3 is 64.9 Å². The van der Waals surface area contributed by atoms with Crippen molar-refractivity contribution in [2.45, 2.75) is 0 Å². The average molecular weight is 837 g/mol. The molecule has 0 aliphatic heterocycles. The van der Waals surface area contributed by atoms with Crippen LogP contribution in [0.15, 0.2) is 67.2 Å². The number of halogens is 3. The number of benzene rings is 2. The van der Waals surface area contributed by atoms with Gasteiger partial charge < -0.3 is 14.2 Å². The van der Waals surface area contributed by atoms with Gasteiger partial charge in [0.15, 0.2) is 0 Å². The third-order valence-corrected chi connectivity index (χ3v) is 3.88. The third kappa shape index (κ3) is 10.2. The summed E-state index contributed by atoms with van der Waals surface area (Å²) in [6.45, 7) is 0.161. The molecule has 0 atom stereocenters. The number of rotatable bonds is 9. The molecule has 1 heterocycles. The van der Waals surface area contributed by atoms with Crippen LogP contribution in [0.4, 0.5) is 0 Å². The summed E-state index contributed by atoms with van der Waals surface area (Å²) in [6, 6.07) is 17.9. The standard InChI is InChI=1S/C22H19N3O5.3HI.V/c1-26-13-17(14-28-27-2)18-8-4-6-10-20(18)30-22-11-21(24-15-25-22)29-19-9-5-3-7-16(19)12-23;;;;/h3-11,13,15H,14H2,1-2H3;3*1H;/q;;;;+3/p-3/b17-13-;;;;. The molecule has 3 rings (SSSR count). The second kappa shape index (κ2) is 16.5. The Hall–Kier alpha value is -1.16. The van der Waals surface area contributed by atoms with Gasteiger partial charge in [-0.05, 0) is 18.2 Å². The van der Waals surface area contributed by atoms with Gasteiger partial charge in [0.05, 0.1) is 32.1 Å². The first-order chi connectivity index (χ1) is 16.5. The summed E-state index contributed by atoms with van der Waals surface area (Å²) in [5.74, 6) is 1.44. The number of hydrogen-bond acceptors (Lipinski definition) is 8. The van der Waals surface area contributed by atoms with Crippen LogP contribution in [0.5, 0.6) is 23.3 Å². The Morgan fingerprint density at radius 1 is 0.971 bits per heavy atom. The maximum absolute atomic E-state index is 9.21. The van der Waals surface area contributed by atoms with Gasteiger partial charge in [0, 0.05) is 11.1 Å². The number of aromatic nitrogens is 2. The molecule has 8 nitrogen and oxygen atoms in total. The van der Waals surface area contributed by atoms with Crippen molar-refractivity contribution in [3.8, 4) is 29.3 Å². The minimum atomic E-state index is -0.278. The van der Waals surface area contributed by atoms with Crippen molar-refractivity contribution in [2.24, 2.45) is 0 Å². The zero-order valence-corrected chi connectivity index (χ0v) is 25.9. The van der Waals surface area contributed by atoms with E-state index < -0.39 is 0 Å². The first kappa shape index (κ1) is 29.1. The van der Waals surface area contributed by atoms with Crippen molar-refractivity contribution < 1.29 is 28.9 Å². The topological polar surface area (TPSA) is 95.7 Å². The Kier molecular flexibility index (Phi) is 14.1. The van der Waals surface area contributed by atoms with Crippen molar-refractivity contribution in [1.82, 2.24) is 9.97 Å². The monoisotopic (exact) mass is 837 g/mol. The fourth-order valence-corrected chi connectivity index (χ4v) is 2.57. The third-order valence-electron chi connectivity index (χ3n) is 3.88. The summed E-state index contributed by atoms with van der Waals surface area (Å²) in [7, 11) is 2.98. The zero-order chi connectivity index (χ0) is 24.8. The molecule has 12 heteroatoms. The minimum absolute atomic E-state index is 0.161. The Balaban J connectivity index is 0.000000945. The van der Waals surface area contributed by atoms with Gasteiger partial charge in [0.25, 0.3) is 0 Å². The van der Waals surface area contributed by atoms with E-state index in [1.165, 1.54) is 19.5 Å². The molecule has 3 aromatic rings.